The number of hydrogen-bond donors (Lipinski definition) is 0. The van der Waals surface area contributed by atoms with Crippen LogP contribution in [0.2, 0.25) is 0 Å². The van der Waals surface area contributed by atoms with Crippen molar-refractivity contribution in [1.29, 1.82) is 0 Å². The molecule has 1 aliphatic rings. The van der Waals surface area contributed by atoms with Crippen molar-refractivity contribution in [3.63, 3.8) is 0 Å². The third-order valence-electron chi connectivity index (χ3n) is 3.38. The van der Waals surface area contributed by atoms with Crippen molar-refractivity contribution in [2.24, 2.45) is 0 Å². The zero-order valence-corrected chi connectivity index (χ0v) is 10.3. The van der Waals surface area contributed by atoms with E-state index in [1.54, 1.807) is 7.11 Å². The molecule has 2 heteroatoms. The summed E-state index contributed by atoms with van der Waals surface area (Å²) in [5.74, 6) is 0.948. The monoisotopic (exact) mass is 219 g/mol. The molecule has 1 aromatic carbocycles. The van der Waals surface area contributed by atoms with Crippen LogP contribution in [0.3, 0.4) is 0 Å². The first-order valence-electron chi connectivity index (χ1n) is 6.23. The number of rotatable bonds is 4. The number of methoxy groups -OCH3 is 1. The molecule has 88 valence electrons. The van der Waals surface area contributed by atoms with Gasteiger partial charge in [-0.2, -0.15) is 0 Å². The van der Waals surface area contributed by atoms with E-state index in [1.165, 1.54) is 37.9 Å². The third kappa shape index (κ3) is 2.38. The minimum absolute atomic E-state index is 0.630. The molecule has 1 fully saturated rings. The van der Waals surface area contributed by atoms with Crippen LogP contribution in [-0.4, -0.2) is 25.1 Å². The Morgan fingerprint density at radius 3 is 2.69 bits per heavy atom. The number of ether oxygens (including phenoxy) is 1. The van der Waals surface area contributed by atoms with Gasteiger partial charge < -0.3 is 4.74 Å². The number of nitrogens with zero attached hydrogens (tertiary/aromatic N) is 1. The third-order valence-corrected chi connectivity index (χ3v) is 3.38. The smallest absolute Gasteiger partial charge is 0.118 e. The molecule has 0 aliphatic carbocycles. The van der Waals surface area contributed by atoms with Crippen molar-refractivity contribution in [2.75, 3.05) is 20.2 Å². The Bertz CT molecular complexity index is 320. The highest BCUT2D eigenvalue weighted by Gasteiger charge is 2.24. The van der Waals surface area contributed by atoms with Gasteiger partial charge in [-0.1, -0.05) is 19.1 Å². The van der Waals surface area contributed by atoms with Crippen LogP contribution in [0.25, 0.3) is 0 Å². The summed E-state index contributed by atoms with van der Waals surface area (Å²) in [4.78, 5) is 2.60. The van der Waals surface area contributed by atoms with Crippen molar-refractivity contribution < 1.29 is 4.74 Å². The van der Waals surface area contributed by atoms with Crippen LogP contribution in [0.5, 0.6) is 5.75 Å². The Morgan fingerprint density at radius 1 is 1.31 bits per heavy atom. The van der Waals surface area contributed by atoms with Crippen molar-refractivity contribution in [2.45, 2.75) is 32.2 Å². The molecule has 0 saturated carbocycles. The highest BCUT2D eigenvalue weighted by molar-refractivity contribution is 5.29. The fourth-order valence-electron chi connectivity index (χ4n) is 2.58. The molecule has 0 bridgehead atoms. The second-order valence-electron chi connectivity index (χ2n) is 4.47. The van der Waals surface area contributed by atoms with E-state index in [0.717, 1.165) is 5.75 Å². The van der Waals surface area contributed by atoms with Crippen molar-refractivity contribution in [1.82, 2.24) is 4.90 Å². The lowest BCUT2D eigenvalue weighted by molar-refractivity contribution is 0.257. The topological polar surface area (TPSA) is 12.5 Å². The minimum Gasteiger partial charge on any atom is -0.497 e. The molecule has 1 heterocycles. The summed E-state index contributed by atoms with van der Waals surface area (Å²) in [5.41, 5.74) is 1.44. The standard InChI is InChI=1S/C14H21NO/c1-3-10-15-11-4-5-14(15)12-6-8-13(16-2)9-7-12/h6-9,14H,3-5,10-11H2,1-2H3. The van der Waals surface area contributed by atoms with E-state index < -0.39 is 0 Å². The van der Waals surface area contributed by atoms with Gasteiger partial charge >= 0.3 is 0 Å². The van der Waals surface area contributed by atoms with E-state index in [9.17, 15) is 0 Å². The van der Waals surface area contributed by atoms with Crippen LogP contribution >= 0.6 is 0 Å². The van der Waals surface area contributed by atoms with Gasteiger partial charge in [0.2, 0.25) is 0 Å². The summed E-state index contributed by atoms with van der Waals surface area (Å²) in [6.07, 6.45) is 3.87. The van der Waals surface area contributed by atoms with E-state index in [2.05, 4.69) is 36.1 Å². The molecule has 0 radical (unpaired) electrons. The van der Waals surface area contributed by atoms with Gasteiger partial charge in [0.05, 0.1) is 7.11 Å². The zero-order valence-electron chi connectivity index (χ0n) is 10.3. The molecule has 16 heavy (non-hydrogen) atoms. The van der Waals surface area contributed by atoms with E-state index in [4.69, 9.17) is 4.74 Å². The van der Waals surface area contributed by atoms with Crippen LogP contribution < -0.4 is 4.74 Å². The summed E-state index contributed by atoms with van der Waals surface area (Å²) < 4.78 is 5.19. The summed E-state index contributed by atoms with van der Waals surface area (Å²) in [5, 5.41) is 0. The number of likely N-dealkylation sites (tertiary alicyclic amines) is 1. The Morgan fingerprint density at radius 2 is 2.06 bits per heavy atom. The second kappa shape index (κ2) is 5.35. The highest BCUT2D eigenvalue weighted by Crippen LogP contribution is 2.32. The molecular formula is C14H21NO. The van der Waals surface area contributed by atoms with Crippen LogP contribution in [0.4, 0.5) is 0 Å². The molecule has 1 aliphatic heterocycles. The van der Waals surface area contributed by atoms with Crippen molar-refractivity contribution in [3.05, 3.63) is 29.8 Å². The maximum Gasteiger partial charge on any atom is 0.118 e. The summed E-state index contributed by atoms with van der Waals surface area (Å²) in [7, 11) is 1.72. The largest absolute Gasteiger partial charge is 0.497 e. The maximum atomic E-state index is 5.19. The normalized spacial score (nSPS) is 21.2. The molecule has 0 aromatic heterocycles. The van der Waals surface area contributed by atoms with E-state index >= 15 is 0 Å². The maximum absolute atomic E-state index is 5.19. The SMILES string of the molecule is CCCN1CCCC1c1ccc(OC)cc1. The molecular weight excluding hydrogens is 198 g/mol. The lowest BCUT2D eigenvalue weighted by Gasteiger charge is -2.24. The van der Waals surface area contributed by atoms with E-state index in [0.29, 0.717) is 6.04 Å². The van der Waals surface area contributed by atoms with Gasteiger partial charge in [-0.15, -0.1) is 0 Å². The van der Waals surface area contributed by atoms with Crippen LogP contribution in [-0.2, 0) is 0 Å². The highest BCUT2D eigenvalue weighted by atomic mass is 16.5. The van der Waals surface area contributed by atoms with Crippen LogP contribution in [0, 0.1) is 0 Å². The fourth-order valence-corrected chi connectivity index (χ4v) is 2.58. The van der Waals surface area contributed by atoms with Gasteiger partial charge in [0.15, 0.2) is 0 Å². The summed E-state index contributed by atoms with van der Waals surface area (Å²) in [6, 6.07) is 9.18. The van der Waals surface area contributed by atoms with Crippen LogP contribution in [0.1, 0.15) is 37.8 Å². The predicted molar refractivity (Wildman–Crippen MR) is 66.8 cm³/mol. The number of hydrogen-bond acceptors (Lipinski definition) is 2. The van der Waals surface area contributed by atoms with Gasteiger partial charge in [0.1, 0.15) is 5.75 Å². The van der Waals surface area contributed by atoms with E-state index in [1.807, 2.05) is 0 Å². The molecule has 0 spiro atoms. The molecule has 0 amide bonds. The average Bonchev–Trinajstić information content (AvgIpc) is 2.78. The predicted octanol–water partition coefficient (Wildman–Crippen LogP) is 3.24. The molecule has 1 saturated heterocycles. The fraction of sp³-hybridized carbons (Fsp3) is 0.571. The van der Waals surface area contributed by atoms with Crippen molar-refractivity contribution >= 4 is 0 Å². The molecule has 2 nitrogen and oxygen atoms in total. The van der Waals surface area contributed by atoms with Gasteiger partial charge in [-0.05, 0) is 50.0 Å². The molecule has 0 N–H and O–H groups in total. The Balaban J connectivity index is 2.09. The average molecular weight is 219 g/mol. The molecule has 1 unspecified atom stereocenters. The quantitative estimate of drug-likeness (QED) is 0.770. The molecule has 2 rings (SSSR count). The van der Waals surface area contributed by atoms with Crippen LogP contribution in [0.15, 0.2) is 24.3 Å². The zero-order chi connectivity index (χ0) is 11.4. The Labute approximate surface area is 98.2 Å². The molecule has 1 atom stereocenters. The Kier molecular flexibility index (Phi) is 3.83. The van der Waals surface area contributed by atoms with Gasteiger partial charge in [-0.3, -0.25) is 4.90 Å². The van der Waals surface area contributed by atoms with Gasteiger partial charge in [-0.25, -0.2) is 0 Å². The van der Waals surface area contributed by atoms with Crippen molar-refractivity contribution in [3.8, 4) is 5.75 Å². The first-order valence-corrected chi connectivity index (χ1v) is 6.23. The lowest BCUT2D eigenvalue weighted by atomic mass is 10.0. The molecule has 1 aromatic rings. The first kappa shape index (κ1) is 11.5. The van der Waals surface area contributed by atoms with E-state index in [-0.39, 0.29) is 0 Å². The number of benzene rings is 1. The summed E-state index contributed by atoms with van der Waals surface area (Å²) in [6.45, 7) is 4.73. The lowest BCUT2D eigenvalue weighted by Crippen LogP contribution is -2.23. The van der Waals surface area contributed by atoms with Gasteiger partial charge in [0.25, 0.3) is 0 Å². The first-order chi connectivity index (χ1) is 7.85. The second-order valence-corrected chi connectivity index (χ2v) is 4.47. The summed E-state index contributed by atoms with van der Waals surface area (Å²) >= 11 is 0. The Hall–Kier alpha value is -1.02. The van der Waals surface area contributed by atoms with Gasteiger partial charge in [0, 0.05) is 6.04 Å². The minimum atomic E-state index is 0.630.